The molecule has 0 bridgehead atoms. The number of fused-ring (bicyclic) bond motifs is 3. The Kier molecular flexibility index (Phi) is 5.31. The zero-order valence-corrected chi connectivity index (χ0v) is 17.5. The van der Waals surface area contributed by atoms with Crippen LogP contribution in [-0.4, -0.2) is 10.5 Å². The number of rotatable bonds is 4. The van der Waals surface area contributed by atoms with Crippen molar-refractivity contribution in [3.8, 4) is 6.07 Å². The molecule has 0 atom stereocenters. The molecule has 5 heteroatoms. The van der Waals surface area contributed by atoms with E-state index in [-0.39, 0.29) is 5.57 Å². The minimum Gasteiger partial charge on any atom is -0.341 e. The van der Waals surface area contributed by atoms with Crippen molar-refractivity contribution in [1.82, 2.24) is 4.57 Å². The van der Waals surface area contributed by atoms with E-state index in [1.807, 2.05) is 43.3 Å². The molecule has 0 saturated heterocycles. The van der Waals surface area contributed by atoms with Gasteiger partial charge in [-0.15, -0.1) is 0 Å². The number of anilines is 1. The van der Waals surface area contributed by atoms with Crippen molar-refractivity contribution in [1.29, 1.82) is 5.26 Å². The Labute approximate surface area is 180 Å². The minimum atomic E-state index is -0.459. The average molecular weight is 414 g/mol. The molecule has 0 aliphatic carbocycles. The number of aromatic nitrogens is 1. The van der Waals surface area contributed by atoms with Gasteiger partial charge in [0.15, 0.2) is 0 Å². The SMILES string of the molecule is CCn1c2ccccc2c2cc(/C=C(\C#N)C(=O)Nc3cccc(Cl)c3C)ccc21. The molecular weight excluding hydrogens is 394 g/mol. The number of carbonyl (C=O) groups is 1. The van der Waals surface area contributed by atoms with Crippen LogP contribution in [0.1, 0.15) is 18.1 Å². The lowest BCUT2D eigenvalue weighted by Gasteiger charge is -2.09. The fraction of sp³-hybridized carbons (Fsp3) is 0.120. The van der Waals surface area contributed by atoms with E-state index in [1.165, 1.54) is 5.52 Å². The Morgan fingerprint density at radius 1 is 1.10 bits per heavy atom. The molecule has 0 saturated carbocycles. The molecule has 1 N–H and O–H groups in total. The van der Waals surface area contributed by atoms with Crippen LogP contribution in [0.15, 0.2) is 66.2 Å². The van der Waals surface area contributed by atoms with Crippen molar-refractivity contribution in [2.75, 3.05) is 5.32 Å². The summed E-state index contributed by atoms with van der Waals surface area (Å²) in [5.74, 6) is -0.459. The van der Waals surface area contributed by atoms with E-state index < -0.39 is 5.91 Å². The van der Waals surface area contributed by atoms with Gasteiger partial charge in [0.05, 0.1) is 0 Å². The molecule has 148 valence electrons. The Morgan fingerprint density at radius 2 is 1.87 bits per heavy atom. The minimum absolute atomic E-state index is 0.0351. The zero-order chi connectivity index (χ0) is 21.3. The lowest BCUT2D eigenvalue weighted by atomic mass is 10.1. The summed E-state index contributed by atoms with van der Waals surface area (Å²) in [6.07, 6.45) is 1.62. The molecule has 0 aliphatic rings. The zero-order valence-electron chi connectivity index (χ0n) is 16.7. The quantitative estimate of drug-likeness (QED) is 0.314. The Balaban J connectivity index is 1.73. The first-order chi connectivity index (χ1) is 14.5. The van der Waals surface area contributed by atoms with Crippen molar-refractivity contribution in [2.24, 2.45) is 0 Å². The van der Waals surface area contributed by atoms with Gasteiger partial charge in [0, 0.05) is 39.1 Å². The number of carbonyl (C=O) groups excluding carboxylic acids is 1. The van der Waals surface area contributed by atoms with E-state index in [2.05, 4.69) is 28.9 Å². The van der Waals surface area contributed by atoms with E-state index >= 15 is 0 Å². The highest BCUT2D eigenvalue weighted by Gasteiger charge is 2.13. The Bertz CT molecular complexity index is 1360. The molecule has 0 radical (unpaired) electrons. The number of amides is 1. The van der Waals surface area contributed by atoms with Crippen molar-refractivity contribution in [2.45, 2.75) is 20.4 Å². The van der Waals surface area contributed by atoms with Crippen molar-refractivity contribution >= 4 is 51.1 Å². The summed E-state index contributed by atoms with van der Waals surface area (Å²) in [4.78, 5) is 12.7. The topological polar surface area (TPSA) is 57.8 Å². The van der Waals surface area contributed by atoms with Gasteiger partial charge in [-0.05, 0) is 61.4 Å². The average Bonchev–Trinajstić information content (AvgIpc) is 3.08. The lowest BCUT2D eigenvalue weighted by molar-refractivity contribution is -0.112. The first-order valence-electron chi connectivity index (χ1n) is 9.72. The van der Waals surface area contributed by atoms with Crippen LogP contribution in [0.4, 0.5) is 5.69 Å². The van der Waals surface area contributed by atoms with Crippen LogP contribution in [0.2, 0.25) is 5.02 Å². The predicted molar refractivity (Wildman–Crippen MR) is 124 cm³/mol. The van der Waals surface area contributed by atoms with Crippen LogP contribution in [0, 0.1) is 18.3 Å². The number of para-hydroxylation sites is 1. The smallest absolute Gasteiger partial charge is 0.266 e. The Morgan fingerprint density at radius 3 is 2.63 bits per heavy atom. The largest absolute Gasteiger partial charge is 0.341 e. The number of aryl methyl sites for hydroxylation is 1. The third kappa shape index (κ3) is 3.45. The summed E-state index contributed by atoms with van der Waals surface area (Å²) in [6, 6.07) is 21.6. The maximum Gasteiger partial charge on any atom is 0.266 e. The van der Waals surface area contributed by atoms with Gasteiger partial charge < -0.3 is 9.88 Å². The van der Waals surface area contributed by atoms with Crippen LogP contribution >= 0.6 is 11.6 Å². The monoisotopic (exact) mass is 413 g/mol. The second-order valence-corrected chi connectivity index (χ2v) is 7.48. The third-order valence-corrected chi connectivity index (χ3v) is 5.71. The van der Waals surface area contributed by atoms with Crippen molar-refractivity contribution < 1.29 is 4.79 Å². The molecule has 30 heavy (non-hydrogen) atoms. The summed E-state index contributed by atoms with van der Waals surface area (Å²) in [5.41, 5.74) is 4.50. The molecule has 3 aromatic carbocycles. The summed E-state index contributed by atoms with van der Waals surface area (Å²) in [7, 11) is 0. The first kappa shape index (κ1) is 19.8. The molecule has 0 fully saturated rings. The molecule has 1 heterocycles. The number of nitrogens with one attached hydrogen (secondary N) is 1. The van der Waals surface area contributed by atoms with Gasteiger partial charge in [0.2, 0.25) is 0 Å². The lowest BCUT2D eigenvalue weighted by Crippen LogP contribution is -2.14. The number of benzene rings is 3. The van der Waals surface area contributed by atoms with Gasteiger partial charge in [0.25, 0.3) is 5.91 Å². The maximum absolute atomic E-state index is 12.7. The second kappa shape index (κ2) is 8.06. The normalized spacial score (nSPS) is 11.6. The third-order valence-electron chi connectivity index (χ3n) is 5.30. The fourth-order valence-electron chi connectivity index (χ4n) is 3.75. The van der Waals surface area contributed by atoms with Gasteiger partial charge in [-0.1, -0.05) is 41.9 Å². The van der Waals surface area contributed by atoms with E-state index in [9.17, 15) is 10.1 Å². The highest BCUT2D eigenvalue weighted by molar-refractivity contribution is 6.31. The van der Waals surface area contributed by atoms with Crippen LogP contribution in [0.5, 0.6) is 0 Å². The van der Waals surface area contributed by atoms with E-state index in [1.54, 1.807) is 24.3 Å². The van der Waals surface area contributed by atoms with Gasteiger partial charge >= 0.3 is 0 Å². The molecular formula is C25H20ClN3O. The molecule has 4 nitrogen and oxygen atoms in total. The van der Waals surface area contributed by atoms with Crippen LogP contribution in [0.25, 0.3) is 27.9 Å². The predicted octanol–water partition coefficient (Wildman–Crippen LogP) is 6.32. The maximum atomic E-state index is 12.7. The van der Waals surface area contributed by atoms with Gasteiger partial charge in [-0.25, -0.2) is 0 Å². The number of hydrogen-bond acceptors (Lipinski definition) is 2. The van der Waals surface area contributed by atoms with Gasteiger partial charge in [-0.2, -0.15) is 5.26 Å². The highest BCUT2D eigenvalue weighted by atomic mass is 35.5. The summed E-state index contributed by atoms with van der Waals surface area (Å²) in [5, 5.41) is 15.2. The van der Waals surface area contributed by atoms with E-state index in [0.717, 1.165) is 34.0 Å². The van der Waals surface area contributed by atoms with Crippen molar-refractivity contribution in [3.05, 3.63) is 82.4 Å². The molecule has 0 aliphatic heterocycles. The van der Waals surface area contributed by atoms with Crippen LogP contribution in [0.3, 0.4) is 0 Å². The molecule has 0 spiro atoms. The van der Waals surface area contributed by atoms with Crippen LogP contribution < -0.4 is 5.32 Å². The van der Waals surface area contributed by atoms with E-state index in [0.29, 0.717) is 10.7 Å². The highest BCUT2D eigenvalue weighted by Crippen LogP contribution is 2.30. The second-order valence-electron chi connectivity index (χ2n) is 7.07. The molecule has 1 aromatic heterocycles. The number of halogens is 1. The fourth-order valence-corrected chi connectivity index (χ4v) is 3.92. The molecule has 1 amide bonds. The molecule has 0 unspecified atom stereocenters. The number of hydrogen-bond donors (Lipinski definition) is 1. The Hall–Kier alpha value is -3.55. The number of nitriles is 1. The standard InChI is InChI=1S/C25H20ClN3O/c1-3-29-23-10-5-4-7-19(23)20-14-17(11-12-24(20)29)13-18(15-27)25(30)28-22-9-6-8-21(26)16(22)2/h4-14H,3H2,1-2H3,(H,28,30)/b18-13+. The van der Waals surface area contributed by atoms with Crippen LogP contribution in [-0.2, 0) is 11.3 Å². The molecule has 4 aromatic rings. The summed E-state index contributed by atoms with van der Waals surface area (Å²) in [6.45, 7) is 4.81. The molecule has 4 rings (SSSR count). The number of nitrogens with zero attached hydrogens (tertiary/aromatic N) is 2. The summed E-state index contributed by atoms with van der Waals surface area (Å²) < 4.78 is 2.26. The van der Waals surface area contributed by atoms with E-state index in [4.69, 9.17) is 11.6 Å². The summed E-state index contributed by atoms with van der Waals surface area (Å²) >= 11 is 6.12. The first-order valence-corrected chi connectivity index (χ1v) is 10.1. The van der Waals surface area contributed by atoms with Gasteiger partial charge in [-0.3, -0.25) is 4.79 Å². The van der Waals surface area contributed by atoms with Crippen molar-refractivity contribution in [3.63, 3.8) is 0 Å². The van der Waals surface area contributed by atoms with Gasteiger partial charge in [0.1, 0.15) is 11.6 Å².